The van der Waals surface area contributed by atoms with Gasteiger partial charge < -0.3 is 14.4 Å². The minimum Gasteiger partial charge on any atom is -0.508 e. The van der Waals surface area contributed by atoms with E-state index in [9.17, 15) is 5.11 Å². The first-order chi connectivity index (χ1) is 13.2. The molecule has 0 bridgehead atoms. The summed E-state index contributed by atoms with van der Waals surface area (Å²) >= 11 is 0. The SMILES string of the molecule is Cc1ccc(-c2cnnc(N3CCCCC3CCc3ccc(O)cc3)n2)o1. The Bertz CT molecular complexity index is 891. The van der Waals surface area contributed by atoms with E-state index in [0.717, 1.165) is 49.4 Å². The van der Waals surface area contributed by atoms with Crippen molar-refractivity contribution < 1.29 is 9.52 Å². The largest absolute Gasteiger partial charge is 0.508 e. The quantitative estimate of drug-likeness (QED) is 0.733. The molecule has 1 aliphatic rings. The number of rotatable bonds is 5. The van der Waals surface area contributed by atoms with E-state index in [1.54, 1.807) is 18.3 Å². The van der Waals surface area contributed by atoms with Crippen LogP contribution in [-0.2, 0) is 6.42 Å². The van der Waals surface area contributed by atoms with Crippen LogP contribution >= 0.6 is 0 Å². The van der Waals surface area contributed by atoms with E-state index in [4.69, 9.17) is 9.40 Å². The molecule has 6 heteroatoms. The molecule has 3 aromatic rings. The standard InChI is InChI=1S/C21H24N4O2/c1-15-5-12-20(27-15)19-14-22-24-21(23-19)25-13-3-2-4-17(25)9-6-16-7-10-18(26)11-8-16/h5,7-8,10-12,14,17,26H,2-4,6,9,13H2,1H3. The molecule has 0 saturated carbocycles. The highest BCUT2D eigenvalue weighted by molar-refractivity contribution is 5.53. The maximum atomic E-state index is 9.45. The van der Waals surface area contributed by atoms with Gasteiger partial charge in [-0.3, -0.25) is 0 Å². The molecule has 0 radical (unpaired) electrons. The van der Waals surface area contributed by atoms with Crippen molar-refractivity contribution >= 4 is 5.95 Å². The van der Waals surface area contributed by atoms with Crippen LogP contribution in [-0.4, -0.2) is 32.9 Å². The van der Waals surface area contributed by atoms with Crippen molar-refractivity contribution in [3.63, 3.8) is 0 Å². The number of aryl methyl sites for hydroxylation is 2. The van der Waals surface area contributed by atoms with E-state index >= 15 is 0 Å². The number of furan rings is 1. The Morgan fingerprint density at radius 3 is 2.78 bits per heavy atom. The van der Waals surface area contributed by atoms with Crippen LogP contribution in [0.3, 0.4) is 0 Å². The summed E-state index contributed by atoms with van der Waals surface area (Å²) in [5, 5.41) is 17.9. The van der Waals surface area contributed by atoms with Crippen molar-refractivity contribution in [3.05, 3.63) is 53.9 Å². The van der Waals surface area contributed by atoms with Crippen LogP contribution in [0, 0.1) is 6.92 Å². The summed E-state index contributed by atoms with van der Waals surface area (Å²) < 4.78 is 5.68. The van der Waals surface area contributed by atoms with E-state index in [0.29, 0.717) is 17.7 Å². The number of hydrogen-bond acceptors (Lipinski definition) is 6. The third-order valence-corrected chi connectivity index (χ3v) is 5.13. The van der Waals surface area contributed by atoms with E-state index < -0.39 is 0 Å². The molecule has 2 aromatic heterocycles. The number of nitrogens with zero attached hydrogens (tertiary/aromatic N) is 4. The summed E-state index contributed by atoms with van der Waals surface area (Å²) in [7, 11) is 0. The molecule has 140 valence electrons. The first-order valence-corrected chi connectivity index (χ1v) is 9.50. The van der Waals surface area contributed by atoms with Gasteiger partial charge in [0.15, 0.2) is 5.76 Å². The Labute approximate surface area is 158 Å². The van der Waals surface area contributed by atoms with Gasteiger partial charge in [-0.1, -0.05) is 12.1 Å². The topological polar surface area (TPSA) is 75.3 Å². The summed E-state index contributed by atoms with van der Waals surface area (Å²) in [6, 6.07) is 11.7. The molecule has 1 unspecified atom stereocenters. The number of benzene rings is 1. The molecule has 0 aliphatic carbocycles. The van der Waals surface area contributed by atoms with Crippen LogP contribution in [0.2, 0.25) is 0 Å². The number of anilines is 1. The molecule has 1 saturated heterocycles. The van der Waals surface area contributed by atoms with E-state index in [-0.39, 0.29) is 0 Å². The molecule has 0 amide bonds. The second-order valence-electron chi connectivity index (χ2n) is 7.10. The first kappa shape index (κ1) is 17.5. The van der Waals surface area contributed by atoms with Crippen molar-refractivity contribution in [3.8, 4) is 17.2 Å². The normalized spacial score (nSPS) is 17.2. The first-order valence-electron chi connectivity index (χ1n) is 9.50. The number of phenols is 1. The number of piperidine rings is 1. The summed E-state index contributed by atoms with van der Waals surface area (Å²) in [5.41, 5.74) is 1.95. The lowest BCUT2D eigenvalue weighted by atomic mass is 9.96. The van der Waals surface area contributed by atoms with Crippen LogP contribution in [0.25, 0.3) is 11.5 Å². The van der Waals surface area contributed by atoms with Crippen LogP contribution < -0.4 is 4.90 Å². The van der Waals surface area contributed by atoms with Crippen molar-refractivity contribution in [1.29, 1.82) is 0 Å². The average Bonchev–Trinajstić information content (AvgIpc) is 3.14. The molecule has 1 fully saturated rings. The molecule has 1 atom stereocenters. The number of phenolic OH excluding ortho intramolecular Hbond substituents is 1. The Morgan fingerprint density at radius 2 is 2.00 bits per heavy atom. The predicted octanol–water partition coefficient (Wildman–Crippen LogP) is 4.14. The molecule has 1 aromatic carbocycles. The fourth-order valence-electron chi connectivity index (χ4n) is 3.67. The molecule has 1 aliphatic heterocycles. The summed E-state index contributed by atoms with van der Waals surface area (Å²) in [6.07, 6.45) is 7.14. The van der Waals surface area contributed by atoms with Gasteiger partial charge in [0, 0.05) is 12.6 Å². The molecule has 3 heterocycles. The van der Waals surface area contributed by atoms with Crippen molar-refractivity contribution in [2.75, 3.05) is 11.4 Å². The fraction of sp³-hybridized carbons (Fsp3) is 0.381. The second kappa shape index (κ2) is 7.78. The molecule has 27 heavy (non-hydrogen) atoms. The van der Waals surface area contributed by atoms with Crippen LogP contribution in [0.4, 0.5) is 5.95 Å². The summed E-state index contributed by atoms with van der Waals surface area (Å²) in [6.45, 7) is 2.87. The van der Waals surface area contributed by atoms with Gasteiger partial charge in [0.25, 0.3) is 0 Å². The molecule has 0 spiro atoms. The highest BCUT2D eigenvalue weighted by Crippen LogP contribution is 2.27. The van der Waals surface area contributed by atoms with Crippen LogP contribution in [0.15, 0.2) is 47.0 Å². The Hall–Kier alpha value is -2.89. The lowest BCUT2D eigenvalue weighted by molar-refractivity contribution is 0.430. The zero-order valence-corrected chi connectivity index (χ0v) is 15.5. The highest BCUT2D eigenvalue weighted by Gasteiger charge is 2.25. The van der Waals surface area contributed by atoms with Crippen molar-refractivity contribution in [2.24, 2.45) is 0 Å². The van der Waals surface area contributed by atoms with Crippen LogP contribution in [0.5, 0.6) is 5.75 Å². The van der Waals surface area contributed by atoms with Gasteiger partial charge in [-0.15, -0.1) is 5.10 Å². The predicted molar refractivity (Wildman–Crippen MR) is 104 cm³/mol. The Morgan fingerprint density at radius 1 is 1.15 bits per heavy atom. The Kier molecular flexibility index (Phi) is 5.05. The summed E-state index contributed by atoms with van der Waals surface area (Å²) in [5.74, 6) is 2.57. The molecular weight excluding hydrogens is 340 g/mol. The maximum Gasteiger partial charge on any atom is 0.246 e. The third kappa shape index (κ3) is 4.10. The number of hydrogen-bond donors (Lipinski definition) is 1. The lowest BCUT2D eigenvalue weighted by Gasteiger charge is -2.35. The smallest absolute Gasteiger partial charge is 0.246 e. The zero-order chi connectivity index (χ0) is 18.6. The molecule has 4 rings (SSSR count). The van der Waals surface area contributed by atoms with Gasteiger partial charge >= 0.3 is 0 Å². The van der Waals surface area contributed by atoms with Crippen molar-refractivity contribution in [2.45, 2.75) is 45.1 Å². The monoisotopic (exact) mass is 364 g/mol. The molecule has 1 N–H and O–H groups in total. The maximum absolute atomic E-state index is 9.45. The zero-order valence-electron chi connectivity index (χ0n) is 15.5. The highest BCUT2D eigenvalue weighted by atomic mass is 16.3. The van der Waals surface area contributed by atoms with Crippen LogP contribution in [0.1, 0.15) is 37.0 Å². The minimum absolute atomic E-state index is 0.308. The molecule has 6 nitrogen and oxygen atoms in total. The third-order valence-electron chi connectivity index (χ3n) is 5.13. The minimum atomic E-state index is 0.308. The van der Waals surface area contributed by atoms with Crippen molar-refractivity contribution in [1.82, 2.24) is 15.2 Å². The van der Waals surface area contributed by atoms with Gasteiger partial charge in [-0.05, 0) is 68.9 Å². The second-order valence-corrected chi connectivity index (χ2v) is 7.10. The van der Waals surface area contributed by atoms with Gasteiger partial charge in [-0.2, -0.15) is 5.10 Å². The van der Waals surface area contributed by atoms with E-state index in [1.807, 2.05) is 31.2 Å². The lowest BCUT2D eigenvalue weighted by Crippen LogP contribution is -2.41. The number of aromatic nitrogens is 3. The van der Waals surface area contributed by atoms with Gasteiger partial charge in [-0.25, -0.2) is 4.98 Å². The number of aromatic hydroxyl groups is 1. The van der Waals surface area contributed by atoms with E-state index in [2.05, 4.69) is 15.1 Å². The van der Waals surface area contributed by atoms with E-state index in [1.165, 1.54) is 12.0 Å². The average molecular weight is 364 g/mol. The van der Waals surface area contributed by atoms with Gasteiger partial charge in [0.2, 0.25) is 5.95 Å². The molecular formula is C21H24N4O2. The fourth-order valence-corrected chi connectivity index (χ4v) is 3.67. The summed E-state index contributed by atoms with van der Waals surface area (Å²) in [4.78, 5) is 7.01. The van der Waals surface area contributed by atoms with Gasteiger partial charge in [0.1, 0.15) is 17.2 Å². The Balaban J connectivity index is 1.51. The van der Waals surface area contributed by atoms with Gasteiger partial charge in [0.05, 0.1) is 6.20 Å².